The number of hydrogen-bond acceptors (Lipinski definition) is 15. The first-order valence-electron chi connectivity index (χ1n) is 25.8. The van der Waals surface area contributed by atoms with E-state index in [-0.39, 0.29) is 48.5 Å². The van der Waals surface area contributed by atoms with Crippen LogP contribution in [0, 0.1) is 0 Å². The number of imide groups is 2. The molecule has 0 bridgehead atoms. The van der Waals surface area contributed by atoms with Gasteiger partial charge >= 0.3 is 36.3 Å². The van der Waals surface area contributed by atoms with Gasteiger partial charge in [-0.1, -0.05) is 121 Å². The summed E-state index contributed by atoms with van der Waals surface area (Å²) < 4.78 is 27.6. The summed E-state index contributed by atoms with van der Waals surface area (Å²) in [5.74, 6) is -5.91. The van der Waals surface area contributed by atoms with Gasteiger partial charge in [-0.25, -0.2) is 38.6 Å². The molecule has 6 aromatic rings. The number of anilines is 2. The van der Waals surface area contributed by atoms with Crippen molar-refractivity contribution in [2.24, 2.45) is 0 Å². The van der Waals surface area contributed by atoms with E-state index in [1.54, 1.807) is 41.5 Å². The molecule has 19 heteroatoms. The van der Waals surface area contributed by atoms with E-state index in [1.165, 1.54) is 48.5 Å². The molecule has 19 nitrogen and oxygen atoms in total. The predicted octanol–water partition coefficient (Wildman–Crippen LogP) is 10.2. The van der Waals surface area contributed by atoms with Crippen LogP contribution in [0.4, 0.5) is 30.6 Å². The average molecular weight is 1100 g/mol. The van der Waals surface area contributed by atoms with Crippen LogP contribution in [0.15, 0.2) is 146 Å². The third kappa shape index (κ3) is 13.4. The number of ketones is 2. The maximum atomic E-state index is 14.5. The molecule has 2 atom stereocenters. The summed E-state index contributed by atoms with van der Waals surface area (Å²) in [6.07, 6.45) is -6.39. The van der Waals surface area contributed by atoms with Crippen molar-refractivity contribution in [3.8, 4) is 22.3 Å². The number of para-hydroxylation sites is 2. The van der Waals surface area contributed by atoms with E-state index in [4.69, 9.17) is 23.7 Å². The van der Waals surface area contributed by atoms with Gasteiger partial charge in [0.05, 0.1) is 11.4 Å². The Balaban J connectivity index is 1.08. The third-order valence-corrected chi connectivity index (χ3v) is 13.1. The van der Waals surface area contributed by atoms with Crippen LogP contribution in [-0.2, 0) is 42.9 Å². The van der Waals surface area contributed by atoms with Crippen LogP contribution in [0.5, 0.6) is 0 Å². The number of esters is 2. The summed E-state index contributed by atoms with van der Waals surface area (Å²) in [6.45, 7) is 8.92. The van der Waals surface area contributed by atoms with Crippen molar-refractivity contribution in [3.63, 3.8) is 0 Å². The molecule has 2 aliphatic rings. The van der Waals surface area contributed by atoms with Crippen molar-refractivity contribution >= 4 is 72.1 Å². The second-order valence-electron chi connectivity index (χ2n) is 21.0. The maximum Gasteiger partial charge on any atom is 0.421 e. The molecule has 2 aliphatic carbocycles. The van der Waals surface area contributed by atoms with Gasteiger partial charge in [0.2, 0.25) is 12.8 Å². The first-order chi connectivity index (χ1) is 38.7. The van der Waals surface area contributed by atoms with Gasteiger partial charge < -0.3 is 34.3 Å². The van der Waals surface area contributed by atoms with E-state index >= 15 is 0 Å². The van der Waals surface area contributed by atoms with E-state index in [2.05, 4.69) is 10.6 Å². The number of amides is 6. The van der Waals surface area contributed by atoms with Gasteiger partial charge in [-0.05, 0) is 110 Å². The van der Waals surface area contributed by atoms with Crippen LogP contribution in [0.2, 0.25) is 0 Å². The molecule has 6 amide bonds. The van der Waals surface area contributed by atoms with Crippen molar-refractivity contribution in [1.82, 2.24) is 10.6 Å². The molecule has 0 spiro atoms. The third-order valence-electron chi connectivity index (χ3n) is 13.1. The van der Waals surface area contributed by atoms with Gasteiger partial charge in [-0.15, -0.1) is 0 Å². The van der Waals surface area contributed by atoms with E-state index in [0.717, 1.165) is 44.5 Å². The quantitative estimate of drug-likeness (QED) is 0.0267. The highest BCUT2D eigenvalue weighted by Crippen LogP contribution is 2.46. The Labute approximate surface area is 466 Å². The van der Waals surface area contributed by atoms with E-state index in [1.807, 2.05) is 97.1 Å². The zero-order chi connectivity index (χ0) is 58.2. The Kier molecular flexibility index (Phi) is 17.4. The molecule has 0 saturated heterocycles. The number of Topliss-reactive ketones (excluding diaryl/α,β-unsaturated/α-hetero) is 2. The summed E-state index contributed by atoms with van der Waals surface area (Å²) in [5, 5.41) is 4.67. The first kappa shape index (κ1) is 57.4. The molecule has 0 aromatic heterocycles. The molecule has 0 fully saturated rings. The standard InChI is InChI=1S/C62H58N4O15/c1-61(2,3)80-59(75)65(35-67)51-29-17-15-27-45(51)53(69)31-49(63-57(73)77-33-47-41-23-11-7-19-37(41)38-20-8-12-24-42(38)47)55(71)79-56(72)50(32-54(70)46-28-16-18-30-52(46)66(36-68)60(76)81-62(4,5)6)64-58(74)78-34-48-43-25-13-9-21-39(43)40-22-10-14-26-44(40)48/h7-30,35-36,47-50H,31-34H2,1-6H3,(H,63,73)(H,64,74)/t49-,50+. The molecule has 0 radical (unpaired) electrons. The summed E-state index contributed by atoms with van der Waals surface area (Å²) >= 11 is 0. The number of nitrogens with zero attached hydrogens (tertiary/aromatic N) is 2. The molecule has 416 valence electrons. The van der Waals surface area contributed by atoms with Crippen LogP contribution in [0.1, 0.15) is 109 Å². The Morgan fingerprint density at radius 1 is 0.457 bits per heavy atom. The zero-order valence-corrected chi connectivity index (χ0v) is 45.2. The van der Waals surface area contributed by atoms with Crippen molar-refractivity contribution in [2.45, 2.75) is 89.5 Å². The second-order valence-corrected chi connectivity index (χ2v) is 21.0. The number of alkyl carbamates (subject to hydrolysis) is 2. The Morgan fingerprint density at radius 3 is 1.06 bits per heavy atom. The van der Waals surface area contributed by atoms with Crippen LogP contribution in [0.25, 0.3) is 22.3 Å². The zero-order valence-electron chi connectivity index (χ0n) is 45.2. The van der Waals surface area contributed by atoms with Gasteiger partial charge in [-0.2, -0.15) is 0 Å². The van der Waals surface area contributed by atoms with Crippen LogP contribution in [-0.4, -0.2) is 97.2 Å². The summed E-state index contributed by atoms with van der Waals surface area (Å²) in [6, 6.07) is 36.8. The van der Waals surface area contributed by atoms with Gasteiger partial charge in [-0.3, -0.25) is 19.2 Å². The number of ether oxygens (including phenoxy) is 5. The minimum Gasteiger partial charge on any atom is -0.449 e. The molecule has 8 rings (SSSR count). The summed E-state index contributed by atoms with van der Waals surface area (Å²) in [5.41, 5.74) is 3.95. The van der Waals surface area contributed by atoms with Crippen LogP contribution >= 0.6 is 0 Å². The molecular weight excluding hydrogens is 1040 g/mol. The number of carbonyl (C=O) groups excluding carboxylic acids is 10. The Bertz CT molecular complexity index is 3140. The number of hydrogen-bond donors (Lipinski definition) is 2. The van der Waals surface area contributed by atoms with Gasteiger partial charge in [0.15, 0.2) is 11.6 Å². The lowest BCUT2D eigenvalue weighted by molar-refractivity contribution is -0.162. The van der Waals surface area contributed by atoms with Gasteiger partial charge in [0.1, 0.15) is 36.5 Å². The number of fused-ring (bicyclic) bond motifs is 6. The molecule has 0 unspecified atom stereocenters. The number of rotatable bonds is 18. The monoisotopic (exact) mass is 1100 g/mol. The topological polar surface area (TPSA) is 247 Å². The lowest BCUT2D eigenvalue weighted by atomic mass is 9.98. The Hall–Kier alpha value is -9.78. The molecule has 81 heavy (non-hydrogen) atoms. The minimum atomic E-state index is -2.06. The fraction of sp³-hybridized carbons (Fsp3) is 0.258. The molecular formula is C62H58N4O15. The number of benzene rings is 6. The molecule has 0 saturated carbocycles. The molecule has 6 aromatic carbocycles. The summed E-state index contributed by atoms with van der Waals surface area (Å²) in [4.78, 5) is 138. The Morgan fingerprint density at radius 2 is 0.753 bits per heavy atom. The van der Waals surface area contributed by atoms with Crippen molar-refractivity contribution in [3.05, 3.63) is 179 Å². The van der Waals surface area contributed by atoms with E-state index < -0.39 is 95.8 Å². The smallest absolute Gasteiger partial charge is 0.421 e. The van der Waals surface area contributed by atoms with Gasteiger partial charge in [0, 0.05) is 35.8 Å². The van der Waals surface area contributed by atoms with Crippen molar-refractivity contribution in [2.75, 3.05) is 23.0 Å². The summed E-state index contributed by atoms with van der Waals surface area (Å²) in [7, 11) is 0. The normalized spacial score (nSPS) is 13.1. The lowest BCUT2D eigenvalue weighted by Gasteiger charge is -2.25. The van der Waals surface area contributed by atoms with E-state index in [0.29, 0.717) is 9.80 Å². The largest absolute Gasteiger partial charge is 0.449 e. The van der Waals surface area contributed by atoms with E-state index in [9.17, 15) is 47.9 Å². The maximum absolute atomic E-state index is 14.5. The minimum absolute atomic E-state index is 0.136. The fourth-order valence-corrected chi connectivity index (χ4v) is 9.64. The molecule has 0 heterocycles. The van der Waals surface area contributed by atoms with Crippen LogP contribution in [0.3, 0.4) is 0 Å². The average Bonchev–Trinajstić information content (AvgIpc) is 4.19. The molecule has 0 aliphatic heterocycles. The highest BCUT2D eigenvalue weighted by molar-refractivity contribution is 6.13. The lowest BCUT2D eigenvalue weighted by Crippen LogP contribution is -2.48. The first-order valence-corrected chi connectivity index (χ1v) is 25.8. The second kappa shape index (κ2) is 24.5. The van der Waals surface area contributed by atoms with Gasteiger partial charge in [0.25, 0.3) is 0 Å². The predicted molar refractivity (Wildman–Crippen MR) is 295 cm³/mol. The fourth-order valence-electron chi connectivity index (χ4n) is 9.64. The SMILES string of the molecule is CC(C)(C)OC(=O)N(C=O)c1ccccc1C(=O)C[C@H](NC(=O)OCC1c2ccccc2-c2ccccc21)C(=O)OC(=O)[C@@H](CC(=O)c1ccccc1N(C=O)C(=O)OC(C)(C)C)NC(=O)OCC1c2ccccc2-c2ccccc21. The van der Waals surface area contributed by atoms with Crippen molar-refractivity contribution in [1.29, 1.82) is 0 Å². The molecule has 2 N–H and O–H groups in total. The highest BCUT2D eigenvalue weighted by atomic mass is 16.6. The highest BCUT2D eigenvalue weighted by Gasteiger charge is 2.38. The van der Waals surface area contributed by atoms with Crippen LogP contribution < -0.4 is 20.4 Å². The number of carbonyl (C=O) groups is 10. The van der Waals surface area contributed by atoms with Crippen molar-refractivity contribution < 1.29 is 71.6 Å². The number of nitrogens with one attached hydrogen (secondary N) is 2.